The van der Waals surface area contributed by atoms with E-state index >= 15 is 0 Å². The van der Waals surface area contributed by atoms with Gasteiger partial charge in [-0.15, -0.1) is 0 Å². The molecule has 0 aliphatic carbocycles. The number of carbonyl (C=O) groups is 1. The molecule has 5 nitrogen and oxygen atoms in total. The molecule has 0 spiro atoms. The van der Waals surface area contributed by atoms with Crippen LogP contribution in [0.25, 0.3) is 0 Å². The van der Waals surface area contributed by atoms with Crippen LogP contribution in [0.5, 0.6) is 0 Å². The highest BCUT2D eigenvalue weighted by atomic mass is 16.4. The summed E-state index contributed by atoms with van der Waals surface area (Å²) in [6.45, 7) is 3.90. The molecule has 1 unspecified atom stereocenters. The number of hydrogen-bond donors (Lipinski definition) is 2. The third-order valence-corrected chi connectivity index (χ3v) is 1.93. The van der Waals surface area contributed by atoms with E-state index in [1.165, 1.54) is 0 Å². The molecular weight excluding hydrogens is 184 g/mol. The van der Waals surface area contributed by atoms with E-state index in [0.29, 0.717) is 0 Å². The lowest BCUT2D eigenvalue weighted by Gasteiger charge is -2.11. The SMILES string of the molecule is CC(C)n1nccc1CC(O)C(=O)O. The molecule has 14 heavy (non-hydrogen) atoms. The minimum absolute atomic E-state index is 0.0908. The molecule has 1 heterocycles. The molecule has 0 radical (unpaired) electrons. The number of carboxylic acid groups (broad SMARTS) is 1. The van der Waals surface area contributed by atoms with Gasteiger partial charge in [0.1, 0.15) is 0 Å². The lowest BCUT2D eigenvalue weighted by atomic mass is 10.2. The normalized spacial score (nSPS) is 13.1. The second-order valence-corrected chi connectivity index (χ2v) is 3.42. The van der Waals surface area contributed by atoms with Crippen molar-refractivity contribution in [1.29, 1.82) is 0 Å². The van der Waals surface area contributed by atoms with Gasteiger partial charge in [0.15, 0.2) is 6.10 Å². The molecule has 1 rings (SSSR count). The van der Waals surface area contributed by atoms with E-state index < -0.39 is 12.1 Å². The van der Waals surface area contributed by atoms with Crippen molar-refractivity contribution in [3.63, 3.8) is 0 Å². The summed E-state index contributed by atoms with van der Waals surface area (Å²) in [6.07, 6.45) is 0.335. The molecule has 1 aromatic heterocycles. The molecule has 5 heteroatoms. The summed E-state index contributed by atoms with van der Waals surface area (Å²) in [5, 5.41) is 21.7. The Hall–Kier alpha value is -1.36. The zero-order valence-corrected chi connectivity index (χ0v) is 8.21. The molecule has 78 valence electrons. The fourth-order valence-corrected chi connectivity index (χ4v) is 1.25. The first kappa shape index (κ1) is 10.7. The lowest BCUT2D eigenvalue weighted by Crippen LogP contribution is -2.24. The standard InChI is InChI=1S/C9H14N2O3/c1-6(2)11-7(3-4-10-11)5-8(12)9(13)14/h3-4,6,8,12H,5H2,1-2H3,(H,13,14). The largest absolute Gasteiger partial charge is 0.479 e. The van der Waals surface area contributed by atoms with E-state index in [1.807, 2.05) is 13.8 Å². The minimum Gasteiger partial charge on any atom is -0.479 e. The second kappa shape index (κ2) is 4.23. The Morgan fingerprint density at radius 2 is 2.29 bits per heavy atom. The Labute approximate surface area is 82.0 Å². The first-order chi connectivity index (χ1) is 6.52. The maximum atomic E-state index is 10.4. The van der Waals surface area contributed by atoms with Gasteiger partial charge in [0.2, 0.25) is 0 Å². The van der Waals surface area contributed by atoms with E-state index in [9.17, 15) is 4.79 Å². The second-order valence-electron chi connectivity index (χ2n) is 3.42. The van der Waals surface area contributed by atoms with Crippen LogP contribution >= 0.6 is 0 Å². The highest BCUT2D eigenvalue weighted by molar-refractivity contribution is 5.72. The fourth-order valence-electron chi connectivity index (χ4n) is 1.25. The molecule has 0 saturated carbocycles. The van der Waals surface area contributed by atoms with E-state index in [0.717, 1.165) is 5.69 Å². The van der Waals surface area contributed by atoms with Crippen molar-refractivity contribution in [3.05, 3.63) is 18.0 Å². The van der Waals surface area contributed by atoms with Gasteiger partial charge in [-0.1, -0.05) is 0 Å². The van der Waals surface area contributed by atoms with Crippen molar-refractivity contribution < 1.29 is 15.0 Å². The summed E-state index contributed by atoms with van der Waals surface area (Å²) < 4.78 is 1.70. The highest BCUT2D eigenvalue weighted by Crippen LogP contribution is 2.10. The van der Waals surface area contributed by atoms with Crippen molar-refractivity contribution in [1.82, 2.24) is 9.78 Å². The Kier molecular flexibility index (Phi) is 3.24. The molecule has 0 amide bonds. The predicted molar refractivity (Wildman–Crippen MR) is 50.0 cm³/mol. The molecule has 0 bridgehead atoms. The number of nitrogens with zero attached hydrogens (tertiary/aromatic N) is 2. The zero-order chi connectivity index (χ0) is 10.7. The van der Waals surface area contributed by atoms with Gasteiger partial charge in [-0.25, -0.2) is 4.79 Å². The molecule has 1 atom stereocenters. The van der Waals surface area contributed by atoms with Crippen LogP contribution in [-0.2, 0) is 11.2 Å². The number of hydrogen-bond acceptors (Lipinski definition) is 3. The summed E-state index contributed by atoms with van der Waals surface area (Å²) in [5.41, 5.74) is 0.731. The first-order valence-electron chi connectivity index (χ1n) is 4.45. The van der Waals surface area contributed by atoms with Gasteiger partial charge in [-0.3, -0.25) is 4.68 Å². The van der Waals surface area contributed by atoms with Gasteiger partial charge in [0, 0.05) is 24.4 Å². The zero-order valence-electron chi connectivity index (χ0n) is 8.21. The van der Waals surface area contributed by atoms with Crippen LogP contribution in [0.1, 0.15) is 25.6 Å². The monoisotopic (exact) mass is 198 g/mol. The quantitative estimate of drug-likeness (QED) is 0.736. The summed E-state index contributed by atoms with van der Waals surface area (Å²) in [5.74, 6) is -1.21. The molecule has 1 aromatic rings. The number of aromatic nitrogens is 2. The molecule has 0 saturated heterocycles. The van der Waals surface area contributed by atoms with Crippen LogP contribution in [0.3, 0.4) is 0 Å². The van der Waals surface area contributed by atoms with Crippen molar-refractivity contribution in [2.45, 2.75) is 32.4 Å². The summed E-state index contributed by atoms with van der Waals surface area (Å²) in [6, 6.07) is 1.88. The van der Waals surface area contributed by atoms with Crippen LogP contribution in [-0.4, -0.2) is 32.1 Å². The molecule has 0 aliphatic rings. The van der Waals surface area contributed by atoms with Gasteiger partial charge in [0.05, 0.1) is 0 Å². The maximum absolute atomic E-state index is 10.4. The summed E-state index contributed by atoms with van der Waals surface area (Å²) in [4.78, 5) is 10.4. The van der Waals surface area contributed by atoms with Crippen molar-refractivity contribution in [2.75, 3.05) is 0 Å². The maximum Gasteiger partial charge on any atom is 0.332 e. The highest BCUT2D eigenvalue weighted by Gasteiger charge is 2.16. The van der Waals surface area contributed by atoms with Crippen molar-refractivity contribution in [3.8, 4) is 0 Å². The van der Waals surface area contributed by atoms with Crippen LogP contribution < -0.4 is 0 Å². The Morgan fingerprint density at radius 3 is 2.79 bits per heavy atom. The number of carboxylic acids is 1. The Bertz CT molecular complexity index is 320. The van der Waals surface area contributed by atoms with Crippen molar-refractivity contribution in [2.24, 2.45) is 0 Å². The van der Waals surface area contributed by atoms with Gasteiger partial charge in [-0.05, 0) is 19.9 Å². The third-order valence-electron chi connectivity index (χ3n) is 1.93. The minimum atomic E-state index is -1.36. The molecule has 0 fully saturated rings. The Balaban J connectivity index is 2.76. The van der Waals surface area contributed by atoms with E-state index in [4.69, 9.17) is 10.2 Å². The van der Waals surface area contributed by atoms with E-state index in [-0.39, 0.29) is 12.5 Å². The summed E-state index contributed by atoms with van der Waals surface area (Å²) in [7, 11) is 0. The molecule has 0 aromatic carbocycles. The lowest BCUT2D eigenvalue weighted by molar-refractivity contribution is -0.146. The van der Waals surface area contributed by atoms with Gasteiger partial charge < -0.3 is 10.2 Å². The Morgan fingerprint density at radius 1 is 1.64 bits per heavy atom. The van der Waals surface area contributed by atoms with E-state index in [2.05, 4.69) is 5.10 Å². The average Bonchev–Trinajstić information content (AvgIpc) is 2.52. The molecule has 2 N–H and O–H groups in total. The van der Waals surface area contributed by atoms with E-state index in [1.54, 1.807) is 16.9 Å². The molecular formula is C9H14N2O3. The van der Waals surface area contributed by atoms with Crippen LogP contribution in [0.2, 0.25) is 0 Å². The number of aliphatic hydroxyl groups excluding tert-OH is 1. The third kappa shape index (κ3) is 2.32. The van der Waals surface area contributed by atoms with Gasteiger partial charge in [-0.2, -0.15) is 5.10 Å². The van der Waals surface area contributed by atoms with Crippen LogP contribution in [0, 0.1) is 0 Å². The number of aliphatic carboxylic acids is 1. The van der Waals surface area contributed by atoms with Crippen LogP contribution in [0.4, 0.5) is 0 Å². The topological polar surface area (TPSA) is 75.3 Å². The van der Waals surface area contributed by atoms with Crippen LogP contribution in [0.15, 0.2) is 12.3 Å². The van der Waals surface area contributed by atoms with Gasteiger partial charge >= 0.3 is 5.97 Å². The number of rotatable bonds is 4. The number of aliphatic hydroxyl groups is 1. The van der Waals surface area contributed by atoms with Gasteiger partial charge in [0.25, 0.3) is 0 Å². The fraction of sp³-hybridized carbons (Fsp3) is 0.556. The van der Waals surface area contributed by atoms with Crippen molar-refractivity contribution >= 4 is 5.97 Å². The average molecular weight is 198 g/mol. The predicted octanol–water partition coefficient (Wildman–Crippen LogP) is 0.452. The smallest absolute Gasteiger partial charge is 0.332 e. The first-order valence-corrected chi connectivity index (χ1v) is 4.45. The molecule has 0 aliphatic heterocycles. The summed E-state index contributed by atoms with van der Waals surface area (Å²) >= 11 is 0.